The van der Waals surface area contributed by atoms with Gasteiger partial charge in [-0.3, -0.25) is 4.79 Å². The maximum atomic E-state index is 11.5. The van der Waals surface area contributed by atoms with Crippen LogP contribution in [0.1, 0.15) is 19.4 Å². The number of hydrogen-bond donors (Lipinski definition) is 1. The van der Waals surface area contributed by atoms with Gasteiger partial charge in [0.05, 0.1) is 7.11 Å². The van der Waals surface area contributed by atoms with Gasteiger partial charge < -0.3 is 14.8 Å². The van der Waals surface area contributed by atoms with E-state index in [9.17, 15) is 4.79 Å². The molecule has 0 spiro atoms. The van der Waals surface area contributed by atoms with Crippen molar-refractivity contribution < 1.29 is 14.3 Å². The Morgan fingerprint density at radius 1 is 1.45 bits per heavy atom. The fourth-order valence-corrected chi connectivity index (χ4v) is 1.52. The van der Waals surface area contributed by atoms with Crippen LogP contribution in [0.15, 0.2) is 24.3 Å². The summed E-state index contributed by atoms with van der Waals surface area (Å²) in [5.41, 5.74) is 0.810. The Kier molecular flexibility index (Phi) is 6.11. The summed E-state index contributed by atoms with van der Waals surface area (Å²) in [6.07, 6.45) is 3.15. The minimum absolute atomic E-state index is 0.0393. The Hall–Kier alpha value is -2.48. The number of hydrogen-bond acceptors (Lipinski definition) is 4. The number of nitrogens with zero attached hydrogens (tertiary/aromatic N) is 1. The van der Waals surface area contributed by atoms with Crippen molar-refractivity contribution in [2.75, 3.05) is 13.7 Å². The molecule has 106 valence electrons. The van der Waals surface area contributed by atoms with E-state index >= 15 is 0 Å². The highest BCUT2D eigenvalue weighted by Gasteiger charge is 2.05. The molecule has 5 heteroatoms. The van der Waals surface area contributed by atoms with E-state index in [1.54, 1.807) is 24.3 Å². The number of carbonyl (C=O) groups is 1. The molecular weight excluding hydrogens is 256 g/mol. The summed E-state index contributed by atoms with van der Waals surface area (Å²) in [7, 11) is 1.52. The number of benzene rings is 1. The number of ether oxygens (including phenoxy) is 2. The third-order valence-electron chi connectivity index (χ3n) is 2.34. The lowest BCUT2D eigenvalue weighted by Gasteiger charge is -2.09. The topological polar surface area (TPSA) is 71.3 Å². The molecule has 0 heterocycles. The van der Waals surface area contributed by atoms with Gasteiger partial charge in [0.1, 0.15) is 6.07 Å². The second-order valence-corrected chi connectivity index (χ2v) is 4.35. The summed E-state index contributed by atoms with van der Waals surface area (Å²) in [6, 6.07) is 7.23. The maximum Gasteiger partial charge on any atom is 0.244 e. The third kappa shape index (κ3) is 5.02. The van der Waals surface area contributed by atoms with Crippen LogP contribution in [0.25, 0.3) is 6.08 Å². The second-order valence-electron chi connectivity index (χ2n) is 4.35. The Balaban J connectivity index is 2.80. The summed E-state index contributed by atoms with van der Waals surface area (Å²) in [6.45, 7) is 3.76. The highest BCUT2D eigenvalue weighted by Crippen LogP contribution is 2.28. The van der Waals surface area contributed by atoms with Gasteiger partial charge in [-0.15, -0.1) is 0 Å². The van der Waals surface area contributed by atoms with Gasteiger partial charge in [0.15, 0.2) is 18.1 Å². The molecule has 0 fully saturated rings. The first kappa shape index (κ1) is 15.6. The first-order chi connectivity index (χ1) is 9.56. The van der Waals surface area contributed by atoms with Crippen molar-refractivity contribution >= 4 is 12.0 Å². The maximum absolute atomic E-state index is 11.5. The molecule has 1 N–H and O–H groups in total. The SMILES string of the molecule is COc1cc(/C=C/C(=O)NC(C)C)ccc1OCC#N. The van der Waals surface area contributed by atoms with Gasteiger partial charge in [-0.05, 0) is 37.6 Å². The zero-order chi connectivity index (χ0) is 15.0. The van der Waals surface area contributed by atoms with Crippen molar-refractivity contribution in [3.8, 4) is 17.6 Å². The van der Waals surface area contributed by atoms with Crippen LogP contribution < -0.4 is 14.8 Å². The predicted molar refractivity (Wildman–Crippen MR) is 76.4 cm³/mol. The minimum atomic E-state index is -0.149. The fourth-order valence-electron chi connectivity index (χ4n) is 1.52. The van der Waals surface area contributed by atoms with E-state index in [1.165, 1.54) is 13.2 Å². The number of methoxy groups -OCH3 is 1. The molecule has 0 aliphatic heterocycles. The van der Waals surface area contributed by atoms with Gasteiger partial charge in [0.2, 0.25) is 5.91 Å². The predicted octanol–water partition coefficient (Wildman–Crippen LogP) is 2.14. The standard InChI is InChI=1S/C15H18N2O3/c1-11(2)17-15(18)7-5-12-4-6-13(20-9-8-16)14(10-12)19-3/h4-7,10-11H,9H2,1-3H3,(H,17,18)/b7-5+. The number of nitrogens with one attached hydrogen (secondary N) is 1. The summed E-state index contributed by atoms with van der Waals surface area (Å²) < 4.78 is 10.4. The van der Waals surface area contributed by atoms with Gasteiger partial charge >= 0.3 is 0 Å². The highest BCUT2D eigenvalue weighted by molar-refractivity contribution is 5.91. The van der Waals surface area contributed by atoms with Crippen LogP contribution in [0.4, 0.5) is 0 Å². The van der Waals surface area contributed by atoms with Crippen LogP contribution in [-0.4, -0.2) is 25.7 Å². The Labute approximate surface area is 118 Å². The zero-order valence-corrected chi connectivity index (χ0v) is 11.8. The van der Waals surface area contributed by atoms with E-state index in [0.29, 0.717) is 11.5 Å². The van der Waals surface area contributed by atoms with Crippen molar-refractivity contribution in [2.24, 2.45) is 0 Å². The quantitative estimate of drug-likeness (QED) is 0.807. The van der Waals surface area contributed by atoms with Crippen LogP contribution in [0.5, 0.6) is 11.5 Å². The Morgan fingerprint density at radius 2 is 2.20 bits per heavy atom. The largest absolute Gasteiger partial charge is 0.493 e. The van der Waals surface area contributed by atoms with E-state index in [-0.39, 0.29) is 18.6 Å². The molecule has 1 aromatic carbocycles. The van der Waals surface area contributed by atoms with Crippen molar-refractivity contribution in [3.05, 3.63) is 29.8 Å². The van der Waals surface area contributed by atoms with E-state index in [1.807, 2.05) is 19.9 Å². The lowest BCUT2D eigenvalue weighted by atomic mass is 10.2. The van der Waals surface area contributed by atoms with Gasteiger partial charge in [0, 0.05) is 12.1 Å². The van der Waals surface area contributed by atoms with E-state index < -0.39 is 0 Å². The first-order valence-electron chi connectivity index (χ1n) is 6.23. The summed E-state index contributed by atoms with van der Waals surface area (Å²) in [5, 5.41) is 11.3. The summed E-state index contributed by atoms with van der Waals surface area (Å²) in [5.74, 6) is 0.869. The van der Waals surface area contributed by atoms with E-state index in [2.05, 4.69) is 5.32 Å². The van der Waals surface area contributed by atoms with E-state index in [0.717, 1.165) is 5.56 Å². The Morgan fingerprint density at radius 3 is 2.80 bits per heavy atom. The fraction of sp³-hybridized carbons (Fsp3) is 0.333. The van der Waals surface area contributed by atoms with Crippen LogP contribution in [0, 0.1) is 11.3 Å². The normalized spacial score (nSPS) is 10.3. The molecule has 0 bridgehead atoms. The smallest absolute Gasteiger partial charge is 0.244 e. The van der Waals surface area contributed by atoms with Crippen LogP contribution in [0.3, 0.4) is 0 Å². The highest BCUT2D eigenvalue weighted by atomic mass is 16.5. The van der Waals surface area contributed by atoms with Gasteiger partial charge in [0.25, 0.3) is 0 Å². The molecule has 0 saturated carbocycles. The third-order valence-corrected chi connectivity index (χ3v) is 2.34. The second kappa shape index (κ2) is 7.85. The van der Waals surface area contributed by atoms with Gasteiger partial charge in [-0.1, -0.05) is 6.07 Å². The lowest BCUT2D eigenvalue weighted by Crippen LogP contribution is -2.28. The zero-order valence-electron chi connectivity index (χ0n) is 11.8. The average molecular weight is 274 g/mol. The number of amides is 1. The van der Waals surface area contributed by atoms with Crippen molar-refractivity contribution in [1.82, 2.24) is 5.32 Å². The molecule has 1 rings (SSSR count). The first-order valence-corrected chi connectivity index (χ1v) is 6.23. The molecule has 0 aliphatic carbocycles. The van der Waals surface area contributed by atoms with Crippen molar-refractivity contribution in [1.29, 1.82) is 5.26 Å². The Bertz CT molecular complexity index is 530. The molecule has 0 atom stereocenters. The van der Waals surface area contributed by atoms with Gasteiger partial charge in [-0.2, -0.15) is 5.26 Å². The van der Waals surface area contributed by atoms with Crippen LogP contribution in [-0.2, 0) is 4.79 Å². The summed E-state index contributed by atoms with van der Waals surface area (Å²) >= 11 is 0. The van der Waals surface area contributed by atoms with Gasteiger partial charge in [-0.25, -0.2) is 0 Å². The van der Waals surface area contributed by atoms with Crippen LogP contribution in [0.2, 0.25) is 0 Å². The molecule has 0 unspecified atom stereocenters. The molecule has 5 nitrogen and oxygen atoms in total. The molecule has 0 radical (unpaired) electrons. The number of nitriles is 1. The average Bonchev–Trinajstić information content (AvgIpc) is 2.42. The molecule has 0 aliphatic rings. The molecule has 1 amide bonds. The molecule has 1 aromatic rings. The van der Waals surface area contributed by atoms with Crippen LogP contribution >= 0.6 is 0 Å². The number of rotatable bonds is 6. The molecule has 20 heavy (non-hydrogen) atoms. The number of carbonyl (C=O) groups excluding carboxylic acids is 1. The lowest BCUT2D eigenvalue weighted by molar-refractivity contribution is -0.116. The molecule has 0 saturated heterocycles. The van der Waals surface area contributed by atoms with Crippen molar-refractivity contribution in [3.63, 3.8) is 0 Å². The van der Waals surface area contributed by atoms with E-state index in [4.69, 9.17) is 14.7 Å². The summed E-state index contributed by atoms with van der Waals surface area (Å²) in [4.78, 5) is 11.5. The molecular formula is C15H18N2O3. The molecule has 0 aromatic heterocycles. The minimum Gasteiger partial charge on any atom is -0.493 e. The monoisotopic (exact) mass is 274 g/mol. The van der Waals surface area contributed by atoms with Crippen molar-refractivity contribution in [2.45, 2.75) is 19.9 Å².